The van der Waals surface area contributed by atoms with Gasteiger partial charge in [-0.2, -0.15) is 0 Å². The van der Waals surface area contributed by atoms with Crippen LogP contribution in [-0.4, -0.2) is 67.3 Å². The molecule has 18 heavy (non-hydrogen) atoms. The smallest absolute Gasteiger partial charge is 0.328 e. The van der Waals surface area contributed by atoms with Crippen LogP contribution in [0.2, 0.25) is 0 Å². The number of carboxylic acid groups (broad SMARTS) is 1. The molecular formula is C11H21N3O4. The van der Waals surface area contributed by atoms with E-state index >= 15 is 0 Å². The molecule has 7 heteroatoms. The van der Waals surface area contributed by atoms with E-state index in [4.69, 9.17) is 15.6 Å². The van der Waals surface area contributed by atoms with Gasteiger partial charge in [0.05, 0.1) is 13.2 Å². The molecule has 1 saturated heterocycles. The van der Waals surface area contributed by atoms with Crippen LogP contribution in [0.3, 0.4) is 0 Å². The molecule has 4 N–H and O–H groups in total. The zero-order chi connectivity index (χ0) is 13.5. The van der Waals surface area contributed by atoms with E-state index in [0.717, 1.165) is 25.9 Å². The van der Waals surface area contributed by atoms with Gasteiger partial charge in [-0.25, -0.2) is 4.79 Å². The summed E-state index contributed by atoms with van der Waals surface area (Å²) in [4.78, 5) is 24.5. The second-order valence-electron chi connectivity index (χ2n) is 4.53. The van der Waals surface area contributed by atoms with Crippen LogP contribution >= 0.6 is 0 Å². The first kappa shape index (κ1) is 14.9. The molecule has 0 aliphatic carbocycles. The molecule has 0 aromatic rings. The van der Waals surface area contributed by atoms with Gasteiger partial charge in [-0.1, -0.05) is 0 Å². The fourth-order valence-electron chi connectivity index (χ4n) is 1.90. The lowest BCUT2D eigenvalue weighted by Crippen LogP contribution is -2.49. The third-order valence-electron chi connectivity index (χ3n) is 2.97. The van der Waals surface area contributed by atoms with Crippen LogP contribution < -0.4 is 11.1 Å². The number of nitrogens with zero attached hydrogens (tertiary/aromatic N) is 1. The van der Waals surface area contributed by atoms with Gasteiger partial charge >= 0.3 is 5.97 Å². The fourth-order valence-corrected chi connectivity index (χ4v) is 1.90. The van der Waals surface area contributed by atoms with Gasteiger partial charge in [-0.05, 0) is 12.8 Å². The van der Waals surface area contributed by atoms with Crippen molar-refractivity contribution in [2.45, 2.75) is 24.9 Å². The van der Waals surface area contributed by atoms with E-state index < -0.39 is 12.0 Å². The predicted octanol–water partition coefficient (Wildman–Crippen LogP) is -1.37. The number of methoxy groups -OCH3 is 1. The van der Waals surface area contributed by atoms with Crippen molar-refractivity contribution in [3.63, 3.8) is 0 Å². The summed E-state index contributed by atoms with van der Waals surface area (Å²) < 4.78 is 4.74. The number of carboxylic acids is 1. The van der Waals surface area contributed by atoms with Crippen molar-refractivity contribution in [2.24, 2.45) is 5.73 Å². The van der Waals surface area contributed by atoms with E-state index in [1.54, 1.807) is 0 Å². The Bertz CT molecular complexity index is 290. The lowest BCUT2D eigenvalue weighted by Gasteiger charge is -2.29. The lowest BCUT2D eigenvalue weighted by atomic mass is 10.1. The molecule has 0 radical (unpaired) electrons. The number of hydrogen-bond acceptors (Lipinski definition) is 5. The number of likely N-dealkylation sites (tertiary alicyclic amines) is 1. The normalized spacial score (nSPS) is 19.4. The molecule has 1 atom stereocenters. The third-order valence-corrected chi connectivity index (χ3v) is 2.97. The molecule has 1 aliphatic rings. The average Bonchev–Trinajstić information content (AvgIpc) is 2.31. The number of ether oxygens (including phenoxy) is 1. The molecule has 104 valence electrons. The zero-order valence-corrected chi connectivity index (χ0v) is 10.6. The van der Waals surface area contributed by atoms with Crippen LogP contribution in [0.25, 0.3) is 0 Å². The number of rotatable bonds is 6. The molecule has 7 nitrogen and oxygen atoms in total. The Labute approximate surface area is 106 Å². The zero-order valence-electron chi connectivity index (χ0n) is 10.6. The van der Waals surface area contributed by atoms with Crippen molar-refractivity contribution in [3.05, 3.63) is 0 Å². The van der Waals surface area contributed by atoms with Crippen LogP contribution in [0.4, 0.5) is 0 Å². The molecule has 1 fully saturated rings. The van der Waals surface area contributed by atoms with Crippen molar-refractivity contribution >= 4 is 11.9 Å². The summed E-state index contributed by atoms with van der Waals surface area (Å²) >= 11 is 0. The largest absolute Gasteiger partial charge is 0.480 e. The maximum Gasteiger partial charge on any atom is 0.328 e. The standard InChI is InChI=1S/C11H21N3O4/c1-18-7-9(11(16)17)13-10(15)6-14-4-2-8(12)3-5-14/h8-9H,2-7,12H2,1H3,(H,13,15)(H,16,17). The van der Waals surface area contributed by atoms with Crippen LogP contribution in [0, 0.1) is 0 Å². The van der Waals surface area contributed by atoms with E-state index in [1.807, 2.05) is 4.90 Å². The summed E-state index contributed by atoms with van der Waals surface area (Å²) in [5.74, 6) is -1.39. The second kappa shape index (κ2) is 7.30. The first-order chi connectivity index (χ1) is 8.52. The van der Waals surface area contributed by atoms with Crippen LogP contribution in [-0.2, 0) is 14.3 Å². The highest BCUT2D eigenvalue weighted by molar-refractivity contribution is 5.84. The van der Waals surface area contributed by atoms with Crippen molar-refractivity contribution in [2.75, 3.05) is 33.4 Å². The molecule has 0 spiro atoms. The summed E-state index contributed by atoms with van der Waals surface area (Å²) in [6, 6.07) is -0.779. The van der Waals surface area contributed by atoms with Gasteiger partial charge in [0.2, 0.25) is 5.91 Å². The minimum absolute atomic E-state index is 0.0358. The number of hydrogen-bond donors (Lipinski definition) is 3. The third kappa shape index (κ3) is 4.99. The molecule has 1 amide bonds. The molecule has 0 aromatic carbocycles. The van der Waals surface area contributed by atoms with Crippen molar-refractivity contribution in [3.8, 4) is 0 Å². The fraction of sp³-hybridized carbons (Fsp3) is 0.818. The summed E-state index contributed by atoms with van der Waals surface area (Å²) in [7, 11) is 1.40. The Balaban J connectivity index is 2.33. The highest BCUT2D eigenvalue weighted by Gasteiger charge is 2.22. The van der Waals surface area contributed by atoms with Crippen molar-refractivity contribution in [1.29, 1.82) is 0 Å². The Morgan fingerprint density at radius 1 is 1.50 bits per heavy atom. The van der Waals surface area contributed by atoms with E-state index in [0.29, 0.717) is 0 Å². The van der Waals surface area contributed by atoms with Gasteiger partial charge in [-0.3, -0.25) is 9.69 Å². The lowest BCUT2D eigenvalue weighted by molar-refractivity contribution is -0.143. The number of piperidine rings is 1. The molecule has 0 bridgehead atoms. The second-order valence-corrected chi connectivity index (χ2v) is 4.53. The van der Waals surface area contributed by atoms with Crippen LogP contribution in [0.15, 0.2) is 0 Å². The summed E-state index contributed by atoms with van der Waals surface area (Å²) in [6.07, 6.45) is 1.74. The Hall–Kier alpha value is -1.18. The Morgan fingerprint density at radius 2 is 2.11 bits per heavy atom. The van der Waals surface area contributed by atoms with Gasteiger partial charge < -0.3 is 20.9 Å². The minimum Gasteiger partial charge on any atom is -0.480 e. The number of aliphatic carboxylic acids is 1. The number of carbonyl (C=O) groups is 2. The number of carbonyl (C=O) groups excluding carboxylic acids is 1. The van der Waals surface area contributed by atoms with Gasteiger partial charge in [0.25, 0.3) is 0 Å². The summed E-state index contributed by atoms with van der Waals surface area (Å²) in [6.45, 7) is 1.72. The average molecular weight is 259 g/mol. The van der Waals surface area contributed by atoms with Crippen LogP contribution in [0.1, 0.15) is 12.8 Å². The highest BCUT2D eigenvalue weighted by atomic mass is 16.5. The van der Waals surface area contributed by atoms with Gasteiger partial charge in [0.1, 0.15) is 0 Å². The van der Waals surface area contributed by atoms with Gasteiger partial charge in [0.15, 0.2) is 6.04 Å². The van der Waals surface area contributed by atoms with E-state index in [2.05, 4.69) is 5.32 Å². The van der Waals surface area contributed by atoms with E-state index in [-0.39, 0.29) is 25.1 Å². The van der Waals surface area contributed by atoms with Gasteiger partial charge in [0, 0.05) is 26.2 Å². The first-order valence-corrected chi connectivity index (χ1v) is 6.02. The molecule has 1 aliphatic heterocycles. The molecule has 1 unspecified atom stereocenters. The summed E-state index contributed by atoms with van der Waals surface area (Å²) in [5, 5.41) is 11.3. The topological polar surface area (TPSA) is 105 Å². The summed E-state index contributed by atoms with van der Waals surface area (Å²) in [5.41, 5.74) is 5.77. The molecule has 0 aromatic heterocycles. The molecule has 1 heterocycles. The number of nitrogens with two attached hydrogens (primary N) is 1. The highest BCUT2D eigenvalue weighted by Crippen LogP contribution is 2.07. The Kier molecular flexibility index (Phi) is 6.03. The van der Waals surface area contributed by atoms with E-state index in [9.17, 15) is 9.59 Å². The maximum absolute atomic E-state index is 11.7. The molecule has 0 saturated carbocycles. The Morgan fingerprint density at radius 3 is 2.61 bits per heavy atom. The minimum atomic E-state index is -1.09. The van der Waals surface area contributed by atoms with Crippen molar-refractivity contribution < 1.29 is 19.4 Å². The number of nitrogens with one attached hydrogen (secondary N) is 1. The predicted molar refractivity (Wildman–Crippen MR) is 65.1 cm³/mol. The monoisotopic (exact) mass is 259 g/mol. The maximum atomic E-state index is 11.7. The number of amides is 1. The SMILES string of the molecule is COCC(NC(=O)CN1CCC(N)CC1)C(=O)O. The molecule has 1 rings (SSSR count). The quantitative estimate of drug-likeness (QED) is 0.543. The van der Waals surface area contributed by atoms with Crippen LogP contribution in [0.5, 0.6) is 0 Å². The molecular weight excluding hydrogens is 238 g/mol. The van der Waals surface area contributed by atoms with E-state index in [1.165, 1.54) is 7.11 Å². The van der Waals surface area contributed by atoms with Gasteiger partial charge in [-0.15, -0.1) is 0 Å². The first-order valence-electron chi connectivity index (χ1n) is 6.02. The van der Waals surface area contributed by atoms with Crippen molar-refractivity contribution in [1.82, 2.24) is 10.2 Å².